The molecule has 1 atom stereocenters. The van der Waals surface area contributed by atoms with Crippen molar-refractivity contribution in [3.63, 3.8) is 0 Å². The molecule has 1 heterocycles. The van der Waals surface area contributed by atoms with E-state index in [0.717, 1.165) is 5.69 Å². The SMILES string of the molecule is N#Cc1ccc(N2CCN(CC(=O)NCC(NS(=O)(=O)c3ccccc3)C(=O)O)C(=O)C2)cc1. The smallest absolute Gasteiger partial charge is 0.323 e. The van der Waals surface area contributed by atoms with Gasteiger partial charge in [0.25, 0.3) is 0 Å². The van der Waals surface area contributed by atoms with Crippen molar-refractivity contribution in [3.8, 4) is 6.07 Å². The fourth-order valence-corrected chi connectivity index (χ4v) is 4.53. The molecule has 1 aliphatic rings. The molecule has 0 bridgehead atoms. The number of benzene rings is 2. The molecule has 0 spiro atoms. The van der Waals surface area contributed by atoms with E-state index in [1.807, 2.05) is 11.0 Å². The summed E-state index contributed by atoms with van der Waals surface area (Å²) < 4.78 is 26.8. The fourth-order valence-electron chi connectivity index (χ4n) is 3.32. The van der Waals surface area contributed by atoms with Crippen molar-refractivity contribution >= 4 is 33.5 Å². The number of carbonyl (C=O) groups is 3. The number of nitriles is 1. The Balaban J connectivity index is 1.52. The summed E-state index contributed by atoms with van der Waals surface area (Å²) in [6.07, 6.45) is 0. The van der Waals surface area contributed by atoms with E-state index in [1.54, 1.807) is 30.3 Å². The predicted octanol–water partition coefficient (Wildman–Crippen LogP) is -0.245. The molecule has 0 aliphatic carbocycles. The molecule has 12 heteroatoms. The van der Waals surface area contributed by atoms with Crippen LogP contribution in [0, 0.1) is 11.3 Å². The van der Waals surface area contributed by atoms with E-state index >= 15 is 0 Å². The van der Waals surface area contributed by atoms with Gasteiger partial charge in [-0.25, -0.2) is 8.42 Å². The van der Waals surface area contributed by atoms with Crippen molar-refractivity contribution in [2.75, 3.05) is 37.6 Å². The van der Waals surface area contributed by atoms with Crippen LogP contribution in [0.1, 0.15) is 5.56 Å². The third kappa shape index (κ3) is 6.31. The Kier molecular flexibility index (Phi) is 7.83. The number of hydrogen-bond donors (Lipinski definition) is 3. The van der Waals surface area contributed by atoms with Crippen molar-refractivity contribution in [3.05, 3.63) is 60.2 Å². The molecule has 2 aromatic rings. The number of nitrogens with one attached hydrogen (secondary N) is 2. The van der Waals surface area contributed by atoms with E-state index in [4.69, 9.17) is 5.26 Å². The van der Waals surface area contributed by atoms with Gasteiger partial charge < -0.3 is 20.2 Å². The second-order valence-electron chi connectivity index (χ2n) is 7.52. The molecule has 11 nitrogen and oxygen atoms in total. The lowest BCUT2D eigenvalue weighted by atomic mass is 10.2. The second kappa shape index (κ2) is 10.8. The third-order valence-electron chi connectivity index (χ3n) is 5.17. The van der Waals surface area contributed by atoms with Gasteiger partial charge >= 0.3 is 5.97 Å². The summed E-state index contributed by atoms with van der Waals surface area (Å²) >= 11 is 0. The number of sulfonamides is 1. The third-order valence-corrected chi connectivity index (χ3v) is 6.65. The van der Waals surface area contributed by atoms with Crippen LogP contribution in [-0.2, 0) is 24.4 Å². The molecular formula is C22H23N5O6S. The zero-order chi connectivity index (χ0) is 24.7. The normalized spacial score (nSPS) is 14.9. The summed E-state index contributed by atoms with van der Waals surface area (Å²) in [4.78, 5) is 39.4. The molecule has 1 aliphatic heterocycles. The summed E-state index contributed by atoms with van der Waals surface area (Å²) in [5, 5.41) is 20.6. The van der Waals surface area contributed by atoms with Gasteiger partial charge in [-0.2, -0.15) is 9.98 Å². The molecule has 2 aromatic carbocycles. The number of carbonyl (C=O) groups excluding carboxylic acids is 2. The predicted molar refractivity (Wildman–Crippen MR) is 121 cm³/mol. The first-order valence-corrected chi connectivity index (χ1v) is 11.8. The van der Waals surface area contributed by atoms with Crippen LogP contribution in [0.4, 0.5) is 5.69 Å². The van der Waals surface area contributed by atoms with Crippen LogP contribution in [0.3, 0.4) is 0 Å². The molecule has 1 fully saturated rings. The Hall–Kier alpha value is -3.95. The number of anilines is 1. The van der Waals surface area contributed by atoms with Gasteiger partial charge in [0.1, 0.15) is 6.04 Å². The van der Waals surface area contributed by atoms with Gasteiger partial charge in [0.15, 0.2) is 0 Å². The largest absolute Gasteiger partial charge is 0.480 e. The minimum absolute atomic E-state index is 0.0494. The Morgan fingerprint density at radius 2 is 1.76 bits per heavy atom. The van der Waals surface area contributed by atoms with Crippen LogP contribution in [0.25, 0.3) is 0 Å². The maximum atomic E-state index is 12.5. The number of rotatable bonds is 9. The summed E-state index contributed by atoms with van der Waals surface area (Å²) in [6.45, 7) is 0.0278. The summed E-state index contributed by atoms with van der Waals surface area (Å²) in [6, 6.07) is 14.5. The van der Waals surface area contributed by atoms with E-state index in [9.17, 15) is 27.9 Å². The topological polar surface area (TPSA) is 160 Å². The van der Waals surface area contributed by atoms with Crippen LogP contribution in [-0.4, -0.2) is 75.0 Å². The molecule has 1 saturated heterocycles. The summed E-state index contributed by atoms with van der Waals surface area (Å²) in [5.74, 6) is -2.34. The van der Waals surface area contributed by atoms with E-state index in [-0.39, 0.29) is 30.4 Å². The first kappa shape index (κ1) is 24.7. The van der Waals surface area contributed by atoms with Gasteiger partial charge in [-0.3, -0.25) is 14.4 Å². The van der Waals surface area contributed by atoms with Gasteiger partial charge in [0, 0.05) is 25.3 Å². The number of aliphatic carboxylic acids is 1. The van der Waals surface area contributed by atoms with E-state index < -0.39 is 34.5 Å². The highest BCUT2D eigenvalue weighted by Gasteiger charge is 2.28. The molecular weight excluding hydrogens is 462 g/mol. The summed E-state index contributed by atoms with van der Waals surface area (Å²) in [7, 11) is -4.10. The highest BCUT2D eigenvalue weighted by Crippen LogP contribution is 2.17. The lowest BCUT2D eigenvalue weighted by Gasteiger charge is -2.35. The molecule has 0 saturated carbocycles. The first-order valence-electron chi connectivity index (χ1n) is 10.3. The Labute approximate surface area is 196 Å². The second-order valence-corrected chi connectivity index (χ2v) is 9.24. The minimum atomic E-state index is -4.10. The lowest BCUT2D eigenvalue weighted by Crippen LogP contribution is -2.54. The zero-order valence-corrected chi connectivity index (χ0v) is 18.9. The van der Waals surface area contributed by atoms with Gasteiger partial charge in [0.2, 0.25) is 21.8 Å². The van der Waals surface area contributed by atoms with E-state index in [2.05, 4.69) is 10.0 Å². The number of nitrogens with zero attached hydrogens (tertiary/aromatic N) is 3. The molecule has 0 radical (unpaired) electrons. The van der Waals surface area contributed by atoms with Gasteiger partial charge in [-0.1, -0.05) is 18.2 Å². The first-order chi connectivity index (χ1) is 16.2. The van der Waals surface area contributed by atoms with Crippen molar-refractivity contribution < 1.29 is 27.9 Å². The zero-order valence-electron chi connectivity index (χ0n) is 18.0. The van der Waals surface area contributed by atoms with Gasteiger partial charge in [-0.05, 0) is 36.4 Å². The van der Waals surface area contributed by atoms with Crippen molar-refractivity contribution in [1.82, 2.24) is 14.9 Å². The fraction of sp³-hybridized carbons (Fsp3) is 0.273. The maximum Gasteiger partial charge on any atom is 0.323 e. The summed E-state index contributed by atoms with van der Waals surface area (Å²) in [5.41, 5.74) is 1.29. The number of amides is 2. The molecule has 2 amide bonds. The van der Waals surface area contributed by atoms with Crippen LogP contribution < -0.4 is 14.9 Å². The monoisotopic (exact) mass is 485 g/mol. The Morgan fingerprint density at radius 1 is 1.09 bits per heavy atom. The molecule has 0 aromatic heterocycles. The maximum absolute atomic E-state index is 12.5. The molecule has 178 valence electrons. The highest BCUT2D eigenvalue weighted by molar-refractivity contribution is 7.89. The molecule has 3 rings (SSSR count). The molecule has 34 heavy (non-hydrogen) atoms. The average Bonchev–Trinajstić information content (AvgIpc) is 2.83. The van der Waals surface area contributed by atoms with Gasteiger partial charge in [-0.15, -0.1) is 0 Å². The van der Waals surface area contributed by atoms with Crippen molar-refractivity contribution in [2.24, 2.45) is 0 Å². The number of carboxylic acids is 1. The van der Waals surface area contributed by atoms with Crippen LogP contribution in [0.2, 0.25) is 0 Å². The number of hydrogen-bond acceptors (Lipinski definition) is 7. The lowest BCUT2D eigenvalue weighted by molar-refractivity contribution is -0.139. The van der Waals surface area contributed by atoms with Crippen molar-refractivity contribution in [1.29, 1.82) is 5.26 Å². The van der Waals surface area contributed by atoms with Crippen LogP contribution in [0.15, 0.2) is 59.5 Å². The molecule has 1 unspecified atom stereocenters. The van der Waals surface area contributed by atoms with Crippen LogP contribution in [0.5, 0.6) is 0 Å². The quantitative estimate of drug-likeness (QED) is 0.438. The van der Waals surface area contributed by atoms with Gasteiger partial charge in [0.05, 0.1) is 29.6 Å². The van der Waals surface area contributed by atoms with E-state index in [1.165, 1.54) is 29.2 Å². The Bertz CT molecular complexity index is 1190. The standard InChI is InChI=1S/C22H23N5O6S/c23-12-16-6-8-17(9-7-16)26-10-11-27(21(29)15-26)14-20(28)24-13-19(22(30)31)25-34(32,33)18-4-2-1-3-5-18/h1-9,19,25H,10-11,13-15H2,(H,24,28)(H,30,31). The van der Waals surface area contributed by atoms with Crippen molar-refractivity contribution in [2.45, 2.75) is 10.9 Å². The van der Waals surface area contributed by atoms with E-state index in [0.29, 0.717) is 12.1 Å². The Morgan fingerprint density at radius 3 is 2.35 bits per heavy atom. The highest BCUT2D eigenvalue weighted by atomic mass is 32.2. The number of piperazine rings is 1. The molecule has 3 N–H and O–H groups in total. The van der Waals surface area contributed by atoms with Crippen LogP contribution >= 0.6 is 0 Å². The average molecular weight is 486 g/mol. The minimum Gasteiger partial charge on any atom is -0.480 e. The number of carboxylic acid groups (broad SMARTS) is 1.